The Morgan fingerprint density at radius 1 is 1.10 bits per heavy atom. The van der Waals surface area contributed by atoms with Crippen LogP contribution in [-0.2, 0) is 20.9 Å². The monoisotopic (exact) mass is 442 g/mol. The Hall–Kier alpha value is -2.82. The van der Waals surface area contributed by atoms with Crippen molar-refractivity contribution < 1.29 is 32.3 Å². The van der Waals surface area contributed by atoms with Crippen LogP contribution in [0.4, 0.5) is 23.7 Å². The Labute approximate surface area is 177 Å². The van der Waals surface area contributed by atoms with Crippen molar-refractivity contribution in [3.8, 4) is 0 Å². The fourth-order valence-electron chi connectivity index (χ4n) is 3.63. The summed E-state index contributed by atoms with van der Waals surface area (Å²) in [5.41, 5.74) is 1.29. The standard InChI is InChI=1S/C20H25F3N4O4/c21-20(22,23)12-25-17(28)15-6-2-8-27(15)19(30)24-11-13-4-1-5-14(10-13)26-18(29)16-7-3-9-31-16/h1,4-5,10,15-16H,2-3,6-9,11-12H2,(H,24,30)(H,25,28)(H,26,29)/t15-,16+/m1/s1. The summed E-state index contributed by atoms with van der Waals surface area (Å²) in [4.78, 5) is 38.0. The third-order valence-electron chi connectivity index (χ3n) is 5.14. The van der Waals surface area contributed by atoms with E-state index < -0.39 is 36.8 Å². The Balaban J connectivity index is 1.51. The highest BCUT2D eigenvalue weighted by molar-refractivity contribution is 5.94. The lowest BCUT2D eigenvalue weighted by Gasteiger charge is -2.24. The first kappa shape index (κ1) is 22.9. The number of anilines is 1. The highest BCUT2D eigenvalue weighted by Crippen LogP contribution is 2.20. The molecule has 2 saturated heterocycles. The summed E-state index contributed by atoms with van der Waals surface area (Å²) in [6, 6.07) is 5.47. The van der Waals surface area contributed by atoms with Gasteiger partial charge in [0.1, 0.15) is 18.7 Å². The van der Waals surface area contributed by atoms with Crippen molar-refractivity contribution in [2.45, 2.75) is 50.6 Å². The number of ether oxygens (including phenoxy) is 1. The molecule has 8 nitrogen and oxygen atoms in total. The summed E-state index contributed by atoms with van der Waals surface area (Å²) in [7, 11) is 0. The van der Waals surface area contributed by atoms with E-state index in [1.165, 1.54) is 4.90 Å². The van der Waals surface area contributed by atoms with Crippen LogP contribution in [-0.4, -0.2) is 60.8 Å². The number of hydrogen-bond donors (Lipinski definition) is 3. The SMILES string of the molecule is O=C(Nc1cccc(CNC(=O)N2CCC[C@@H]2C(=O)NCC(F)(F)F)c1)[C@@H]1CCCO1. The van der Waals surface area contributed by atoms with Crippen molar-refractivity contribution >= 4 is 23.5 Å². The average molecular weight is 442 g/mol. The molecule has 2 atom stereocenters. The highest BCUT2D eigenvalue weighted by atomic mass is 19.4. The van der Waals surface area contributed by atoms with Crippen LogP contribution in [0, 0.1) is 0 Å². The zero-order valence-corrected chi connectivity index (χ0v) is 16.8. The molecule has 2 fully saturated rings. The quantitative estimate of drug-likeness (QED) is 0.629. The zero-order valence-electron chi connectivity index (χ0n) is 16.8. The first-order valence-corrected chi connectivity index (χ1v) is 10.1. The number of carbonyl (C=O) groups excluding carboxylic acids is 3. The molecular formula is C20H25F3N4O4. The normalized spacial score (nSPS) is 21.1. The molecule has 0 bridgehead atoms. The number of alkyl halides is 3. The number of amides is 4. The second-order valence-electron chi connectivity index (χ2n) is 7.53. The van der Waals surface area contributed by atoms with Gasteiger partial charge in [-0.3, -0.25) is 9.59 Å². The molecule has 0 spiro atoms. The maximum absolute atomic E-state index is 12.5. The molecule has 11 heteroatoms. The maximum atomic E-state index is 12.5. The Morgan fingerprint density at radius 2 is 1.90 bits per heavy atom. The number of carbonyl (C=O) groups is 3. The summed E-state index contributed by atoms with van der Waals surface area (Å²) < 4.78 is 42.3. The zero-order chi connectivity index (χ0) is 22.4. The van der Waals surface area contributed by atoms with E-state index in [0.29, 0.717) is 31.6 Å². The molecule has 4 amide bonds. The summed E-state index contributed by atoms with van der Waals surface area (Å²) in [6.07, 6.45) is -2.61. The average Bonchev–Trinajstić information content (AvgIpc) is 3.42. The minimum atomic E-state index is -4.51. The van der Waals surface area contributed by atoms with Gasteiger partial charge in [-0.1, -0.05) is 12.1 Å². The van der Waals surface area contributed by atoms with E-state index in [-0.39, 0.29) is 19.0 Å². The van der Waals surface area contributed by atoms with Crippen LogP contribution in [0.25, 0.3) is 0 Å². The Bertz CT molecular complexity index is 812. The number of urea groups is 1. The van der Waals surface area contributed by atoms with Crippen LogP contribution in [0.1, 0.15) is 31.2 Å². The summed E-state index contributed by atoms with van der Waals surface area (Å²) >= 11 is 0. The number of rotatable bonds is 6. The van der Waals surface area contributed by atoms with Crippen LogP contribution in [0.2, 0.25) is 0 Å². The van der Waals surface area contributed by atoms with Gasteiger partial charge in [0, 0.05) is 25.4 Å². The molecule has 0 unspecified atom stereocenters. The molecule has 2 heterocycles. The van der Waals surface area contributed by atoms with Gasteiger partial charge in [-0.2, -0.15) is 13.2 Å². The summed E-state index contributed by atoms with van der Waals surface area (Å²) in [6.45, 7) is -0.443. The molecular weight excluding hydrogens is 417 g/mol. The lowest BCUT2D eigenvalue weighted by atomic mass is 10.2. The molecule has 1 aromatic rings. The minimum absolute atomic E-state index is 0.135. The van der Waals surface area contributed by atoms with Gasteiger partial charge in [-0.05, 0) is 43.4 Å². The minimum Gasteiger partial charge on any atom is -0.368 e. The third kappa shape index (κ3) is 6.58. The molecule has 2 aliphatic heterocycles. The van der Waals surface area contributed by atoms with E-state index in [0.717, 1.165) is 12.0 Å². The smallest absolute Gasteiger partial charge is 0.368 e. The molecule has 0 saturated carbocycles. The molecule has 0 aromatic heterocycles. The predicted octanol–water partition coefficient (Wildman–Crippen LogP) is 2.16. The Kier molecular flexibility index (Phi) is 7.37. The largest absolute Gasteiger partial charge is 0.405 e. The molecule has 1 aromatic carbocycles. The van der Waals surface area contributed by atoms with Gasteiger partial charge < -0.3 is 25.6 Å². The van der Waals surface area contributed by atoms with E-state index in [9.17, 15) is 27.6 Å². The lowest BCUT2D eigenvalue weighted by Crippen LogP contribution is -2.50. The van der Waals surface area contributed by atoms with Gasteiger partial charge in [0.25, 0.3) is 5.91 Å². The molecule has 3 N–H and O–H groups in total. The van der Waals surface area contributed by atoms with Crippen molar-refractivity contribution in [2.24, 2.45) is 0 Å². The number of likely N-dealkylation sites (tertiary alicyclic amines) is 1. The van der Waals surface area contributed by atoms with Gasteiger partial charge in [-0.15, -0.1) is 0 Å². The molecule has 0 radical (unpaired) electrons. The van der Waals surface area contributed by atoms with Crippen LogP contribution in [0.3, 0.4) is 0 Å². The number of nitrogens with one attached hydrogen (secondary N) is 3. The van der Waals surface area contributed by atoms with Crippen LogP contribution in [0.15, 0.2) is 24.3 Å². The molecule has 3 rings (SSSR count). The number of nitrogens with zero attached hydrogens (tertiary/aromatic N) is 1. The van der Waals surface area contributed by atoms with E-state index in [4.69, 9.17) is 4.74 Å². The van der Waals surface area contributed by atoms with Gasteiger partial charge >= 0.3 is 12.2 Å². The maximum Gasteiger partial charge on any atom is 0.405 e. The summed E-state index contributed by atoms with van der Waals surface area (Å²) in [5.74, 6) is -1.03. The fraction of sp³-hybridized carbons (Fsp3) is 0.550. The first-order valence-electron chi connectivity index (χ1n) is 10.1. The number of halogens is 3. The van der Waals surface area contributed by atoms with Gasteiger partial charge in [0.05, 0.1) is 0 Å². The van der Waals surface area contributed by atoms with Crippen molar-refractivity contribution in [3.05, 3.63) is 29.8 Å². The lowest BCUT2D eigenvalue weighted by molar-refractivity contribution is -0.140. The second kappa shape index (κ2) is 9.99. The second-order valence-corrected chi connectivity index (χ2v) is 7.53. The molecule has 170 valence electrons. The molecule has 0 aliphatic carbocycles. The Morgan fingerprint density at radius 3 is 2.61 bits per heavy atom. The van der Waals surface area contributed by atoms with Crippen molar-refractivity contribution in [3.63, 3.8) is 0 Å². The topological polar surface area (TPSA) is 99.8 Å². The van der Waals surface area contributed by atoms with Gasteiger partial charge in [0.2, 0.25) is 5.91 Å². The fourth-order valence-corrected chi connectivity index (χ4v) is 3.63. The predicted molar refractivity (Wildman–Crippen MR) is 105 cm³/mol. The van der Waals surface area contributed by atoms with Crippen molar-refractivity contribution in [1.82, 2.24) is 15.5 Å². The molecule has 31 heavy (non-hydrogen) atoms. The van der Waals surface area contributed by atoms with Gasteiger partial charge in [-0.25, -0.2) is 4.79 Å². The summed E-state index contributed by atoms with van der Waals surface area (Å²) in [5, 5.41) is 7.30. The van der Waals surface area contributed by atoms with Crippen LogP contribution >= 0.6 is 0 Å². The third-order valence-corrected chi connectivity index (χ3v) is 5.14. The van der Waals surface area contributed by atoms with E-state index >= 15 is 0 Å². The highest BCUT2D eigenvalue weighted by Gasteiger charge is 2.36. The first-order chi connectivity index (χ1) is 14.7. The molecule has 2 aliphatic rings. The van der Waals surface area contributed by atoms with Crippen LogP contribution < -0.4 is 16.0 Å². The number of benzene rings is 1. The van der Waals surface area contributed by atoms with Crippen LogP contribution in [0.5, 0.6) is 0 Å². The van der Waals surface area contributed by atoms with E-state index in [1.807, 2.05) is 5.32 Å². The van der Waals surface area contributed by atoms with Gasteiger partial charge in [0.15, 0.2) is 0 Å². The number of hydrogen-bond acceptors (Lipinski definition) is 4. The van der Waals surface area contributed by atoms with Crippen molar-refractivity contribution in [2.75, 3.05) is 25.0 Å². The van der Waals surface area contributed by atoms with E-state index in [1.54, 1.807) is 24.3 Å². The van der Waals surface area contributed by atoms with Crippen molar-refractivity contribution in [1.29, 1.82) is 0 Å². The van der Waals surface area contributed by atoms with E-state index in [2.05, 4.69) is 10.6 Å².